The maximum atomic E-state index is 11.8. The van der Waals surface area contributed by atoms with Crippen molar-refractivity contribution in [3.8, 4) is 0 Å². The molecule has 0 bridgehead atoms. The third-order valence-corrected chi connectivity index (χ3v) is 2.03. The van der Waals surface area contributed by atoms with E-state index in [1.54, 1.807) is 18.2 Å². The summed E-state index contributed by atoms with van der Waals surface area (Å²) in [6, 6.07) is 5.22. The highest BCUT2D eigenvalue weighted by molar-refractivity contribution is 6.02. The maximum absolute atomic E-state index is 11.8. The molecule has 0 aromatic carbocycles. The molecule has 0 spiro atoms. The van der Waals surface area contributed by atoms with Gasteiger partial charge in [-0.2, -0.15) is 0 Å². The minimum Gasteiger partial charge on any atom is -0.370 e. The van der Waals surface area contributed by atoms with Crippen LogP contribution >= 0.6 is 0 Å². The molecule has 6 nitrogen and oxygen atoms in total. The van der Waals surface area contributed by atoms with Gasteiger partial charge in [0.15, 0.2) is 0 Å². The van der Waals surface area contributed by atoms with E-state index in [1.165, 1.54) is 12.5 Å². The number of nitrogens with one attached hydrogen (secondary N) is 2. The first kappa shape index (κ1) is 11.1. The minimum absolute atomic E-state index is 0.298. The summed E-state index contributed by atoms with van der Waals surface area (Å²) in [6.07, 6.45) is 2.78. The lowest BCUT2D eigenvalue weighted by Crippen LogP contribution is -2.14. The summed E-state index contributed by atoms with van der Waals surface area (Å²) in [4.78, 5) is 16.0. The molecule has 88 valence electrons. The Kier molecular flexibility index (Phi) is 3.34. The fraction of sp³-hybridized carbons (Fsp3) is 0.182. The number of carbonyl (C=O) groups excluding carboxylic acids is 1. The van der Waals surface area contributed by atoms with Gasteiger partial charge in [0.05, 0.1) is 6.20 Å². The maximum Gasteiger partial charge on any atom is 0.274 e. The first-order valence-corrected chi connectivity index (χ1v) is 5.21. The SMILES string of the molecule is CCNc1cccc(C(=O)Nc2cnoc2)n1. The quantitative estimate of drug-likeness (QED) is 0.839. The molecule has 17 heavy (non-hydrogen) atoms. The molecule has 0 aliphatic rings. The van der Waals surface area contributed by atoms with Crippen LogP contribution in [0, 0.1) is 0 Å². The van der Waals surface area contributed by atoms with Gasteiger partial charge in [-0.25, -0.2) is 4.98 Å². The summed E-state index contributed by atoms with van der Waals surface area (Å²) in [5, 5.41) is 9.16. The lowest BCUT2D eigenvalue weighted by atomic mass is 10.3. The molecular formula is C11H12N4O2. The molecule has 0 aliphatic heterocycles. The Hall–Kier alpha value is -2.37. The molecule has 0 radical (unpaired) electrons. The molecule has 2 aromatic heterocycles. The van der Waals surface area contributed by atoms with Crippen LogP contribution in [0.5, 0.6) is 0 Å². The fourth-order valence-corrected chi connectivity index (χ4v) is 1.30. The molecule has 2 rings (SSSR count). The van der Waals surface area contributed by atoms with Crippen molar-refractivity contribution in [2.75, 3.05) is 17.2 Å². The summed E-state index contributed by atoms with van der Waals surface area (Å²) in [7, 11) is 0. The molecule has 1 amide bonds. The Morgan fingerprint density at radius 3 is 3.06 bits per heavy atom. The zero-order chi connectivity index (χ0) is 12.1. The smallest absolute Gasteiger partial charge is 0.274 e. The number of hydrogen-bond donors (Lipinski definition) is 2. The Morgan fingerprint density at radius 2 is 2.35 bits per heavy atom. The van der Waals surface area contributed by atoms with E-state index in [0.717, 1.165) is 6.54 Å². The van der Waals surface area contributed by atoms with Crippen molar-refractivity contribution < 1.29 is 9.32 Å². The third kappa shape index (κ3) is 2.81. The van der Waals surface area contributed by atoms with Crippen molar-refractivity contribution >= 4 is 17.4 Å². The van der Waals surface area contributed by atoms with Gasteiger partial charge >= 0.3 is 0 Å². The van der Waals surface area contributed by atoms with Gasteiger partial charge in [-0.3, -0.25) is 4.79 Å². The molecule has 0 aliphatic carbocycles. The summed E-state index contributed by atoms with van der Waals surface area (Å²) in [5.41, 5.74) is 0.843. The molecule has 2 heterocycles. The first-order valence-electron chi connectivity index (χ1n) is 5.21. The molecule has 0 unspecified atom stereocenters. The number of anilines is 2. The number of pyridine rings is 1. The highest BCUT2D eigenvalue weighted by Gasteiger charge is 2.09. The van der Waals surface area contributed by atoms with Crippen LogP contribution in [0.1, 0.15) is 17.4 Å². The van der Waals surface area contributed by atoms with Gasteiger partial charge < -0.3 is 15.2 Å². The van der Waals surface area contributed by atoms with E-state index in [2.05, 4.69) is 25.3 Å². The van der Waals surface area contributed by atoms with Crippen molar-refractivity contribution in [3.05, 3.63) is 36.4 Å². The molecular weight excluding hydrogens is 220 g/mol. The second-order valence-corrected chi connectivity index (χ2v) is 3.31. The number of nitrogens with zero attached hydrogens (tertiary/aromatic N) is 2. The average molecular weight is 232 g/mol. The van der Waals surface area contributed by atoms with Crippen LogP contribution in [0.3, 0.4) is 0 Å². The van der Waals surface area contributed by atoms with E-state index in [1.807, 2.05) is 6.92 Å². The Balaban J connectivity index is 2.11. The highest BCUT2D eigenvalue weighted by atomic mass is 16.5. The first-order chi connectivity index (χ1) is 8.29. The van der Waals surface area contributed by atoms with Gasteiger partial charge in [-0.15, -0.1) is 0 Å². The van der Waals surface area contributed by atoms with Gasteiger partial charge in [0.2, 0.25) is 0 Å². The van der Waals surface area contributed by atoms with Crippen LogP contribution in [0.15, 0.2) is 35.2 Å². The summed E-state index contributed by atoms with van der Waals surface area (Å²) < 4.78 is 4.62. The number of aromatic nitrogens is 2. The largest absolute Gasteiger partial charge is 0.370 e. The van der Waals surface area contributed by atoms with Crippen molar-refractivity contribution in [2.45, 2.75) is 6.92 Å². The molecule has 2 aromatic rings. The Bertz CT molecular complexity index is 496. The van der Waals surface area contributed by atoms with Gasteiger partial charge in [0, 0.05) is 6.54 Å². The standard InChI is InChI=1S/C11H12N4O2/c1-2-12-10-5-3-4-9(15-10)11(16)14-8-6-13-17-7-8/h3-7H,2H2,1H3,(H,12,15)(H,14,16). The van der Waals surface area contributed by atoms with Gasteiger partial charge in [0.25, 0.3) is 5.91 Å². The topological polar surface area (TPSA) is 80.0 Å². The minimum atomic E-state index is -0.298. The molecule has 0 saturated heterocycles. The zero-order valence-corrected chi connectivity index (χ0v) is 9.30. The van der Waals surface area contributed by atoms with Crippen LogP contribution in [0.25, 0.3) is 0 Å². The second kappa shape index (κ2) is 5.11. The van der Waals surface area contributed by atoms with Crippen molar-refractivity contribution in [3.63, 3.8) is 0 Å². The van der Waals surface area contributed by atoms with Crippen LogP contribution in [-0.4, -0.2) is 22.6 Å². The van der Waals surface area contributed by atoms with Crippen molar-refractivity contribution in [1.82, 2.24) is 10.1 Å². The second-order valence-electron chi connectivity index (χ2n) is 3.31. The van der Waals surface area contributed by atoms with Crippen LogP contribution < -0.4 is 10.6 Å². The van der Waals surface area contributed by atoms with Crippen LogP contribution in [0.4, 0.5) is 11.5 Å². The fourth-order valence-electron chi connectivity index (χ4n) is 1.30. The molecule has 0 saturated carbocycles. The van der Waals surface area contributed by atoms with E-state index >= 15 is 0 Å². The lowest BCUT2D eigenvalue weighted by molar-refractivity contribution is 0.102. The molecule has 0 atom stereocenters. The number of hydrogen-bond acceptors (Lipinski definition) is 5. The third-order valence-electron chi connectivity index (χ3n) is 2.03. The van der Waals surface area contributed by atoms with Gasteiger partial charge in [-0.05, 0) is 19.1 Å². The highest BCUT2D eigenvalue weighted by Crippen LogP contribution is 2.08. The van der Waals surface area contributed by atoms with Gasteiger partial charge in [0.1, 0.15) is 23.5 Å². The summed E-state index contributed by atoms with van der Waals surface area (Å²) in [6.45, 7) is 2.72. The van der Waals surface area contributed by atoms with E-state index in [4.69, 9.17) is 0 Å². The molecule has 2 N–H and O–H groups in total. The summed E-state index contributed by atoms with van der Waals surface area (Å²) in [5.74, 6) is 0.374. The Morgan fingerprint density at radius 1 is 1.47 bits per heavy atom. The molecule has 6 heteroatoms. The van der Waals surface area contributed by atoms with Crippen molar-refractivity contribution in [1.29, 1.82) is 0 Å². The molecule has 0 fully saturated rings. The zero-order valence-electron chi connectivity index (χ0n) is 9.30. The predicted octanol–water partition coefficient (Wildman–Crippen LogP) is 1.75. The van der Waals surface area contributed by atoms with Crippen LogP contribution in [-0.2, 0) is 0 Å². The summed E-state index contributed by atoms with van der Waals surface area (Å²) >= 11 is 0. The number of amides is 1. The van der Waals surface area contributed by atoms with Gasteiger partial charge in [-0.1, -0.05) is 11.2 Å². The monoisotopic (exact) mass is 232 g/mol. The van der Waals surface area contributed by atoms with Crippen molar-refractivity contribution in [2.24, 2.45) is 0 Å². The van der Waals surface area contributed by atoms with Crippen LogP contribution in [0.2, 0.25) is 0 Å². The average Bonchev–Trinajstić information content (AvgIpc) is 2.83. The number of rotatable bonds is 4. The van der Waals surface area contributed by atoms with E-state index in [-0.39, 0.29) is 5.91 Å². The van der Waals surface area contributed by atoms with E-state index < -0.39 is 0 Å². The lowest BCUT2D eigenvalue weighted by Gasteiger charge is -2.04. The normalized spacial score (nSPS) is 9.94. The van der Waals surface area contributed by atoms with E-state index in [0.29, 0.717) is 17.2 Å². The van der Waals surface area contributed by atoms with E-state index in [9.17, 15) is 4.79 Å². The predicted molar refractivity (Wildman–Crippen MR) is 62.9 cm³/mol. The Labute approximate surface area is 98.0 Å². The number of carbonyl (C=O) groups is 1.